The molecule has 0 aliphatic carbocycles. The second-order valence-corrected chi connectivity index (χ2v) is 7.32. The first-order valence-corrected chi connectivity index (χ1v) is 8.26. The molecule has 0 bridgehead atoms. The third-order valence-corrected chi connectivity index (χ3v) is 5.45. The summed E-state index contributed by atoms with van der Waals surface area (Å²) in [6, 6.07) is 1.63. The number of anilines is 1. The molecule has 2 heterocycles. The molecule has 0 saturated heterocycles. The van der Waals surface area contributed by atoms with Gasteiger partial charge in [-0.2, -0.15) is 4.31 Å². The van der Waals surface area contributed by atoms with Crippen molar-refractivity contribution in [3.63, 3.8) is 0 Å². The van der Waals surface area contributed by atoms with Gasteiger partial charge in [0.05, 0.1) is 22.9 Å². The second kappa shape index (κ2) is 5.86. The topological polar surface area (TPSA) is 75.2 Å². The van der Waals surface area contributed by atoms with E-state index in [0.29, 0.717) is 5.69 Å². The largest absolute Gasteiger partial charge is 0.387 e. The summed E-state index contributed by atoms with van der Waals surface area (Å²) in [5.41, 5.74) is 1.27. The summed E-state index contributed by atoms with van der Waals surface area (Å²) in [7, 11) is -0.381. The number of pyridine rings is 1. The van der Waals surface area contributed by atoms with Gasteiger partial charge in [-0.1, -0.05) is 0 Å². The van der Waals surface area contributed by atoms with Crippen LogP contribution >= 0.6 is 11.3 Å². The minimum atomic E-state index is -3.60. The number of aryl methyl sites for hydroxylation is 1. The maximum absolute atomic E-state index is 12.5. The summed E-state index contributed by atoms with van der Waals surface area (Å²) < 4.78 is 26.4. The summed E-state index contributed by atoms with van der Waals surface area (Å²) in [5.74, 6) is 0. The highest BCUT2D eigenvalue weighted by atomic mass is 32.2. The van der Waals surface area contributed by atoms with Crippen LogP contribution in [0.1, 0.15) is 10.7 Å². The van der Waals surface area contributed by atoms with Crippen molar-refractivity contribution in [1.82, 2.24) is 14.3 Å². The lowest BCUT2D eigenvalue weighted by Gasteiger charge is -2.17. The van der Waals surface area contributed by atoms with E-state index < -0.39 is 10.0 Å². The summed E-state index contributed by atoms with van der Waals surface area (Å²) in [4.78, 5) is 8.34. The zero-order valence-corrected chi connectivity index (χ0v) is 13.1. The molecule has 0 spiro atoms. The molecule has 0 amide bonds. The lowest BCUT2D eigenvalue weighted by molar-refractivity contribution is 0.463. The molecule has 0 aromatic carbocycles. The minimum Gasteiger partial charge on any atom is -0.387 e. The van der Waals surface area contributed by atoms with E-state index in [1.807, 2.05) is 12.3 Å². The van der Waals surface area contributed by atoms with Crippen molar-refractivity contribution in [3.8, 4) is 0 Å². The molecule has 0 unspecified atom stereocenters. The van der Waals surface area contributed by atoms with Crippen LogP contribution in [0.3, 0.4) is 0 Å². The Morgan fingerprint density at radius 2 is 2.20 bits per heavy atom. The van der Waals surface area contributed by atoms with Crippen LogP contribution in [0, 0.1) is 6.92 Å². The van der Waals surface area contributed by atoms with E-state index in [1.54, 1.807) is 19.3 Å². The fraction of sp³-hybridized carbons (Fsp3) is 0.333. The average molecular weight is 312 g/mol. The molecule has 2 aromatic heterocycles. The Balaban J connectivity index is 2.29. The number of hydrogen-bond donors (Lipinski definition) is 1. The molecule has 20 heavy (non-hydrogen) atoms. The van der Waals surface area contributed by atoms with Crippen LogP contribution < -0.4 is 5.32 Å². The standard InChI is InChI=1S/C12H16N4O2S2/c1-9-15-10(8-19-9)7-16(3)20(17,18)12-6-14-5-4-11(12)13-2/h4-6,8H,7H2,1-3H3,(H,13,14). The van der Waals surface area contributed by atoms with Gasteiger partial charge >= 0.3 is 0 Å². The number of nitrogens with zero attached hydrogens (tertiary/aromatic N) is 3. The number of hydrogen-bond acceptors (Lipinski definition) is 6. The van der Waals surface area contributed by atoms with Gasteiger partial charge in [-0.25, -0.2) is 13.4 Å². The van der Waals surface area contributed by atoms with E-state index in [2.05, 4.69) is 15.3 Å². The van der Waals surface area contributed by atoms with Gasteiger partial charge in [0, 0.05) is 31.9 Å². The number of nitrogens with one attached hydrogen (secondary N) is 1. The third kappa shape index (κ3) is 2.97. The minimum absolute atomic E-state index is 0.164. The maximum atomic E-state index is 12.5. The van der Waals surface area contributed by atoms with E-state index in [4.69, 9.17) is 0 Å². The summed E-state index contributed by atoms with van der Waals surface area (Å²) >= 11 is 1.50. The molecule has 0 fully saturated rings. The van der Waals surface area contributed by atoms with Gasteiger partial charge in [0.2, 0.25) is 10.0 Å². The number of aromatic nitrogens is 2. The molecule has 0 aliphatic heterocycles. The molecule has 0 radical (unpaired) electrons. The van der Waals surface area contributed by atoms with E-state index in [-0.39, 0.29) is 11.4 Å². The van der Waals surface area contributed by atoms with Crippen molar-refractivity contribution >= 4 is 27.0 Å². The van der Waals surface area contributed by atoms with Crippen molar-refractivity contribution in [2.45, 2.75) is 18.4 Å². The van der Waals surface area contributed by atoms with Crippen molar-refractivity contribution in [3.05, 3.63) is 34.5 Å². The van der Waals surface area contributed by atoms with Crippen LogP contribution in [0.15, 0.2) is 28.7 Å². The Kier molecular flexibility index (Phi) is 4.36. The fourth-order valence-corrected chi connectivity index (χ4v) is 3.64. The number of rotatable bonds is 5. The molecular weight excluding hydrogens is 296 g/mol. The average Bonchev–Trinajstić information content (AvgIpc) is 2.84. The zero-order valence-electron chi connectivity index (χ0n) is 11.5. The number of sulfonamides is 1. The molecule has 6 nitrogen and oxygen atoms in total. The first-order chi connectivity index (χ1) is 9.45. The predicted octanol–water partition coefficient (Wildman–Crippen LogP) is 1.71. The lowest BCUT2D eigenvalue weighted by Crippen LogP contribution is -2.27. The quantitative estimate of drug-likeness (QED) is 0.909. The Labute approximate surface area is 122 Å². The first-order valence-electron chi connectivity index (χ1n) is 5.94. The third-order valence-electron chi connectivity index (χ3n) is 2.79. The van der Waals surface area contributed by atoms with Gasteiger partial charge in [-0.15, -0.1) is 11.3 Å². The van der Waals surface area contributed by atoms with E-state index in [9.17, 15) is 8.42 Å². The molecule has 0 atom stereocenters. The Hall–Kier alpha value is -1.51. The summed E-state index contributed by atoms with van der Waals surface area (Å²) in [5, 5.41) is 5.65. The van der Waals surface area contributed by atoms with E-state index in [1.165, 1.54) is 28.9 Å². The van der Waals surface area contributed by atoms with Gasteiger partial charge < -0.3 is 5.32 Å². The van der Waals surface area contributed by atoms with Crippen LogP contribution in [0.5, 0.6) is 0 Å². The second-order valence-electron chi connectivity index (χ2n) is 4.24. The highest BCUT2D eigenvalue weighted by Gasteiger charge is 2.24. The van der Waals surface area contributed by atoms with Crippen LogP contribution in [-0.4, -0.2) is 36.8 Å². The highest BCUT2D eigenvalue weighted by molar-refractivity contribution is 7.89. The van der Waals surface area contributed by atoms with Crippen molar-refractivity contribution < 1.29 is 8.42 Å². The van der Waals surface area contributed by atoms with Crippen LogP contribution in [0.25, 0.3) is 0 Å². The van der Waals surface area contributed by atoms with Crippen molar-refractivity contribution in [1.29, 1.82) is 0 Å². The van der Waals surface area contributed by atoms with Gasteiger partial charge in [-0.05, 0) is 13.0 Å². The Morgan fingerprint density at radius 3 is 2.80 bits per heavy atom. The molecule has 2 aromatic rings. The van der Waals surface area contributed by atoms with Gasteiger partial charge in [0.15, 0.2) is 0 Å². The first kappa shape index (κ1) is 14.9. The normalized spacial score (nSPS) is 11.8. The molecule has 0 aliphatic rings. The zero-order chi connectivity index (χ0) is 14.8. The van der Waals surface area contributed by atoms with Crippen LogP contribution in [0.2, 0.25) is 0 Å². The van der Waals surface area contributed by atoms with E-state index >= 15 is 0 Å². The Bertz CT molecular complexity index is 697. The van der Waals surface area contributed by atoms with Gasteiger partial charge in [0.1, 0.15) is 4.90 Å². The molecular formula is C12H16N4O2S2. The van der Waals surface area contributed by atoms with E-state index in [0.717, 1.165) is 10.7 Å². The summed E-state index contributed by atoms with van der Waals surface area (Å²) in [6.07, 6.45) is 2.90. The molecule has 1 N–H and O–H groups in total. The van der Waals surface area contributed by atoms with Gasteiger partial charge in [0.25, 0.3) is 0 Å². The monoisotopic (exact) mass is 312 g/mol. The lowest BCUT2D eigenvalue weighted by atomic mass is 10.4. The number of thiazole rings is 1. The van der Waals surface area contributed by atoms with Crippen molar-refractivity contribution in [2.24, 2.45) is 0 Å². The summed E-state index contributed by atoms with van der Waals surface area (Å²) in [6.45, 7) is 2.13. The van der Waals surface area contributed by atoms with Crippen molar-refractivity contribution in [2.75, 3.05) is 19.4 Å². The predicted molar refractivity (Wildman–Crippen MR) is 79.3 cm³/mol. The molecule has 108 valence electrons. The maximum Gasteiger partial charge on any atom is 0.246 e. The highest BCUT2D eigenvalue weighted by Crippen LogP contribution is 2.23. The van der Waals surface area contributed by atoms with Crippen LogP contribution in [-0.2, 0) is 16.6 Å². The molecule has 8 heteroatoms. The molecule has 2 rings (SSSR count). The van der Waals surface area contributed by atoms with Crippen LogP contribution in [0.4, 0.5) is 5.69 Å². The SMILES string of the molecule is CNc1ccncc1S(=O)(=O)N(C)Cc1csc(C)n1. The van der Waals surface area contributed by atoms with Gasteiger partial charge in [-0.3, -0.25) is 4.98 Å². The molecule has 0 saturated carbocycles. The fourth-order valence-electron chi connectivity index (χ4n) is 1.75. The Morgan fingerprint density at radius 1 is 1.45 bits per heavy atom. The smallest absolute Gasteiger partial charge is 0.246 e.